The fraction of sp³-hybridized carbons (Fsp3) is 0.750. The maximum absolute atomic E-state index is 10.7. The zero-order valence-electron chi connectivity index (χ0n) is 7.50. The van der Waals surface area contributed by atoms with E-state index >= 15 is 0 Å². The molecule has 0 aromatic heterocycles. The highest BCUT2D eigenvalue weighted by Gasteiger charge is 2.16. The largest absolute Gasteiger partial charge is 0.550 e. The number of amides is 1. The summed E-state index contributed by atoms with van der Waals surface area (Å²) < 4.78 is 0. The van der Waals surface area contributed by atoms with E-state index in [1.165, 1.54) is 0 Å². The lowest BCUT2D eigenvalue weighted by molar-refractivity contribution is -0.302. The first kappa shape index (κ1) is 10.9. The van der Waals surface area contributed by atoms with Crippen molar-refractivity contribution in [1.29, 1.82) is 0 Å². The number of likely N-dealkylation sites (tertiary alicyclic amines) is 1. The zero-order valence-corrected chi connectivity index (χ0v) is 7.50. The van der Waals surface area contributed by atoms with E-state index in [-0.39, 0.29) is 0 Å². The molecule has 0 N–H and O–H groups in total. The molecule has 1 aliphatic rings. The molecule has 1 saturated heterocycles. The third-order valence-corrected chi connectivity index (χ3v) is 1.55. The molecule has 1 heterocycles. The van der Waals surface area contributed by atoms with Crippen molar-refractivity contribution in [3.8, 4) is 0 Å². The highest BCUT2D eigenvalue weighted by molar-refractivity contribution is 5.77. The topological polar surface area (TPSA) is 60.4 Å². The van der Waals surface area contributed by atoms with Crippen LogP contribution in [0.25, 0.3) is 0 Å². The number of carbonyl (C=O) groups excluding carboxylic acids is 2. The van der Waals surface area contributed by atoms with E-state index in [1.54, 1.807) is 0 Å². The van der Waals surface area contributed by atoms with Crippen LogP contribution in [0, 0.1) is 0 Å². The van der Waals surface area contributed by atoms with Gasteiger partial charge >= 0.3 is 0 Å². The summed E-state index contributed by atoms with van der Waals surface area (Å²) in [6.07, 6.45) is 1.83. The van der Waals surface area contributed by atoms with Gasteiger partial charge in [-0.1, -0.05) is 0 Å². The zero-order chi connectivity index (χ0) is 9.56. The molecule has 0 radical (unpaired) electrons. The van der Waals surface area contributed by atoms with Gasteiger partial charge in [0.25, 0.3) is 0 Å². The van der Waals surface area contributed by atoms with Crippen LogP contribution in [0.4, 0.5) is 0 Å². The fourth-order valence-electron chi connectivity index (χ4n) is 1.04. The maximum Gasteiger partial charge on any atom is 0.222 e. The number of aliphatic carboxylic acids is 1. The van der Waals surface area contributed by atoms with Crippen LogP contribution in [0.1, 0.15) is 26.7 Å². The molecule has 0 aliphatic carbocycles. The first-order valence-corrected chi connectivity index (χ1v) is 4.03. The summed E-state index contributed by atoms with van der Waals surface area (Å²) in [6, 6.07) is 0. The Morgan fingerprint density at radius 1 is 1.67 bits per heavy atom. The van der Waals surface area contributed by atoms with E-state index in [0.29, 0.717) is 5.91 Å². The quantitative estimate of drug-likeness (QED) is 0.530. The number of rotatable bonds is 1. The predicted octanol–water partition coefficient (Wildman–Crippen LogP) is -0.615. The van der Waals surface area contributed by atoms with Crippen LogP contribution in [-0.4, -0.2) is 29.9 Å². The number of hydrogen-bond acceptors (Lipinski definition) is 3. The Hall–Kier alpha value is -1.06. The van der Waals surface area contributed by atoms with Crippen LogP contribution < -0.4 is 5.11 Å². The van der Waals surface area contributed by atoms with Crippen LogP contribution >= 0.6 is 0 Å². The first-order valence-electron chi connectivity index (χ1n) is 4.03. The van der Waals surface area contributed by atoms with Gasteiger partial charge in [0, 0.05) is 25.5 Å². The molecule has 70 valence electrons. The van der Waals surface area contributed by atoms with Crippen molar-refractivity contribution in [3.63, 3.8) is 0 Å². The standard InChI is InChI=1S/C6H11NO.C2H4O2/c1-2-7-5-3-4-6(7)8;1-2(3)4/h2-5H2,1H3;1H3,(H,3,4)/p-1. The molecule has 0 bridgehead atoms. The summed E-state index contributed by atoms with van der Waals surface area (Å²) in [5.41, 5.74) is 0. The Labute approximate surface area is 72.2 Å². The Bertz CT molecular complexity index is 164. The lowest BCUT2D eigenvalue weighted by Gasteiger charge is -2.10. The lowest BCUT2D eigenvalue weighted by atomic mass is 10.4. The van der Waals surface area contributed by atoms with Crippen LogP contribution in [-0.2, 0) is 9.59 Å². The molecular formula is C8H14NO3-. The number of carboxylic acid groups (broad SMARTS) is 1. The smallest absolute Gasteiger partial charge is 0.222 e. The highest BCUT2D eigenvalue weighted by Crippen LogP contribution is 2.07. The van der Waals surface area contributed by atoms with Crippen LogP contribution in [0.15, 0.2) is 0 Å². The third-order valence-electron chi connectivity index (χ3n) is 1.55. The van der Waals surface area contributed by atoms with E-state index in [0.717, 1.165) is 32.9 Å². The summed E-state index contributed by atoms with van der Waals surface area (Å²) >= 11 is 0. The molecule has 4 heteroatoms. The molecule has 0 aromatic rings. The van der Waals surface area contributed by atoms with Gasteiger partial charge in [-0.25, -0.2) is 0 Å². The highest BCUT2D eigenvalue weighted by atomic mass is 16.4. The number of carbonyl (C=O) groups is 2. The monoisotopic (exact) mass is 172 g/mol. The third kappa shape index (κ3) is 4.71. The second-order valence-corrected chi connectivity index (χ2v) is 2.57. The fourth-order valence-corrected chi connectivity index (χ4v) is 1.04. The minimum atomic E-state index is -1.08. The molecule has 12 heavy (non-hydrogen) atoms. The van der Waals surface area contributed by atoms with Gasteiger partial charge in [0.1, 0.15) is 0 Å². The molecule has 1 rings (SSSR count). The Morgan fingerprint density at radius 3 is 2.33 bits per heavy atom. The van der Waals surface area contributed by atoms with Crippen molar-refractivity contribution in [2.45, 2.75) is 26.7 Å². The van der Waals surface area contributed by atoms with Crippen molar-refractivity contribution < 1.29 is 14.7 Å². The van der Waals surface area contributed by atoms with Gasteiger partial charge in [0.2, 0.25) is 5.91 Å². The average molecular weight is 172 g/mol. The Kier molecular flexibility index (Phi) is 5.08. The number of hydrogen-bond donors (Lipinski definition) is 0. The van der Waals surface area contributed by atoms with E-state index in [2.05, 4.69) is 0 Å². The summed E-state index contributed by atoms with van der Waals surface area (Å²) in [4.78, 5) is 21.5. The average Bonchev–Trinajstić information content (AvgIpc) is 2.33. The first-order chi connectivity index (χ1) is 5.57. The molecular weight excluding hydrogens is 158 g/mol. The SMILES string of the molecule is CC(=O)[O-].CCN1CCCC1=O. The van der Waals surface area contributed by atoms with Crippen LogP contribution in [0.5, 0.6) is 0 Å². The van der Waals surface area contributed by atoms with E-state index in [9.17, 15) is 4.79 Å². The van der Waals surface area contributed by atoms with Gasteiger partial charge in [-0.3, -0.25) is 4.79 Å². The molecule has 1 aliphatic heterocycles. The van der Waals surface area contributed by atoms with Crippen LogP contribution in [0.3, 0.4) is 0 Å². The number of carboxylic acids is 1. The summed E-state index contributed by atoms with van der Waals surface area (Å²) in [6.45, 7) is 4.86. The molecule has 1 amide bonds. The second-order valence-electron chi connectivity index (χ2n) is 2.57. The summed E-state index contributed by atoms with van der Waals surface area (Å²) in [5.74, 6) is -0.757. The summed E-state index contributed by atoms with van der Waals surface area (Å²) in [7, 11) is 0. The van der Waals surface area contributed by atoms with Gasteiger partial charge in [0.15, 0.2) is 0 Å². The minimum absolute atomic E-state index is 0.326. The lowest BCUT2D eigenvalue weighted by Crippen LogP contribution is -2.23. The van der Waals surface area contributed by atoms with E-state index < -0.39 is 5.97 Å². The van der Waals surface area contributed by atoms with Crippen molar-refractivity contribution in [3.05, 3.63) is 0 Å². The molecule has 0 saturated carbocycles. The molecule has 0 aromatic carbocycles. The maximum atomic E-state index is 10.7. The van der Waals surface area contributed by atoms with Gasteiger partial charge in [0.05, 0.1) is 0 Å². The molecule has 4 nitrogen and oxygen atoms in total. The van der Waals surface area contributed by atoms with E-state index in [4.69, 9.17) is 9.90 Å². The number of nitrogens with zero attached hydrogens (tertiary/aromatic N) is 1. The second kappa shape index (κ2) is 5.57. The van der Waals surface area contributed by atoms with Gasteiger partial charge in [-0.15, -0.1) is 0 Å². The molecule has 0 atom stereocenters. The van der Waals surface area contributed by atoms with Crippen molar-refractivity contribution >= 4 is 11.9 Å². The Balaban J connectivity index is 0.000000261. The summed E-state index contributed by atoms with van der Waals surface area (Å²) in [5, 5.41) is 8.89. The van der Waals surface area contributed by atoms with Crippen molar-refractivity contribution in [1.82, 2.24) is 4.90 Å². The van der Waals surface area contributed by atoms with E-state index in [1.807, 2.05) is 11.8 Å². The van der Waals surface area contributed by atoms with Crippen molar-refractivity contribution in [2.75, 3.05) is 13.1 Å². The van der Waals surface area contributed by atoms with Gasteiger partial charge in [-0.05, 0) is 20.3 Å². The van der Waals surface area contributed by atoms with Crippen LogP contribution in [0.2, 0.25) is 0 Å². The predicted molar refractivity (Wildman–Crippen MR) is 42.2 cm³/mol. The van der Waals surface area contributed by atoms with Gasteiger partial charge in [-0.2, -0.15) is 0 Å². The molecule has 0 unspecified atom stereocenters. The van der Waals surface area contributed by atoms with Gasteiger partial charge < -0.3 is 14.8 Å². The van der Waals surface area contributed by atoms with Crippen molar-refractivity contribution in [2.24, 2.45) is 0 Å². The normalized spacial score (nSPS) is 15.5. The molecule has 1 fully saturated rings. The molecule has 0 spiro atoms. The minimum Gasteiger partial charge on any atom is -0.550 e. The Morgan fingerprint density at radius 2 is 2.17 bits per heavy atom.